The van der Waals surface area contributed by atoms with Crippen molar-refractivity contribution in [2.75, 3.05) is 26.4 Å². The van der Waals surface area contributed by atoms with E-state index in [2.05, 4.69) is 34.3 Å². The molecule has 1 aliphatic rings. The molecule has 0 aromatic carbocycles. The summed E-state index contributed by atoms with van der Waals surface area (Å²) >= 11 is 0. The van der Waals surface area contributed by atoms with E-state index in [4.69, 9.17) is 14.2 Å². The normalized spacial score (nSPS) is 26.2. The van der Waals surface area contributed by atoms with Crippen LogP contribution in [0.3, 0.4) is 0 Å². The van der Waals surface area contributed by atoms with Crippen LogP contribution in [-0.2, 0) is 14.2 Å². The lowest BCUT2D eigenvalue weighted by Crippen LogP contribution is -2.32. The van der Waals surface area contributed by atoms with E-state index in [0.29, 0.717) is 31.3 Å². The van der Waals surface area contributed by atoms with Crippen molar-refractivity contribution in [3.8, 4) is 0 Å². The molecule has 1 rings (SSSR count). The van der Waals surface area contributed by atoms with Crippen LogP contribution in [0.15, 0.2) is 12.2 Å². The summed E-state index contributed by atoms with van der Waals surface area (Å²) in [5.41, 5.74) is 1.27. The minimum absolute atomic E-state index is 0.337. The van der Waals surface area contributed by atoms with Crippen LogP contribution >= 0.6 is 0 Å². The highest BCUT2D eigenvalue weighted by molar-refractivity contribution is 5.02. The minimum atomic E-state index is 0.337. The first-order chi connectivity index (χ1) is 11.0. The second kappa shape index (κ2) is 12.0. The molecule has 1 saturated carbocycles. The van der Waals surface area contributed by atoms with Gasteiger partial charge in [0.2, 0.25) is 0 Å². The van der Waals surface area contributed by atoms with Crippen molar-refractivity contribution in [1.82, 2.24) is 0 Å². The van der Waals surface area contributed by atoms with E-state index in [1.165, 1.54) is 18.4 Å². The standard InChI is InChI=1S/C20H38O3/c1-6-18(5)22-12-8-7-11-21-13-14-23-20-15-17(4)9-10-19(20)16(2)3/h17-20H,2,6-15H2,1,3-5H3. The van der Waals surface area contributed by atoms with Gasteiger partial charge in [0.15, 0.2) is 0 Å². The molecule has 0 aromatic heterocycles. The lowest BCUT2D eigenvalue weighted by molar-refractivity contribution is -0.0393. The van der Waals surface area contributed by atoms with Gasteiger partial charge in [-0.15, -0.1) is 0 Å². The molecule has 3 heteroatoms. The second-order valence-corrected chi connectivity index (χ2v) is 7.19. The van der Waals surface area contributed by atoms with Crippen molar-refractivity contribution >= 4 is 0 Å². The molecule has 23 heavy (non-hydrogen) atoms. The summed E-state index contributed by atoms with van der Waals surface area (Å²) in [6.45, 7) is 15.9. The maximum atomic E-state index is 6.09. The highest BCUT2D eigenvalue weighted by Gasteiger charge is 2.29. The fourth-order valence-corrected chi connectivity index (χ4v) is 3.15. The van der Waals surface area contributed by atoms with Gasteiger partial charge in [-0.3, -0.25) is 0 Å². The highest BCUT2D eigenvalue weighted by Crippen LogP contribution is 2.34. The number of hydrogen-bond acceptors (Lipinski definition) is 3. The number of ether oxygens (including phenoxy) is 3. The van der Waals surface area contributed by atoms with Crippen LogP contribution in [0.2, 0.25) is 0 Å². The third kappa shape index (κ3) is 8.88. The molecule has 1 fully saturated rings. The first kappa shape index (κ1) is 20.7. The Bertz CT molecular complexity index is 316. The molecule has 0 heterocycles. The molecule has 0 aliphatic heterocycles. The molecule has 3 nitrogen and oxygen atoms in total. The van der Waals surface area contributed by atoms with Crippen molar-refractivity contribution in [2.24, 2.45) is 11.8 Å². The van der Waals surface area contributed by atoms with Gasteiger partial charge >= 0.3 is 0 Å². The fourth-order valence-electron chi connectivity index (χ4n) is 3.15. The Kier molecular flexibility index (Phi) is 10.8. The zero-order valence-corrected chi connectivity index (χ0v) is 15.8. The molecule has 4 unspecified atom stereocenters. The van der Waals surface area contributed by atoms with Crippen LogP contribution in [0.4, 0.5) is 0 Å². The van der Waals surface area contributed by atoms with Crippen LogP contribution in [0.5, 0.6) is 0 Å². The topological polar surface area (TPSA) is 27.7 Å². The average molecular weight is 327 g/mol. The van der Waals surface area contributed by atoms with Gasteiger partial charge in [0.05, 0.1) is 25.4 Å². The summed E-state index contributed by atoms with van der Waals surface area (Å²) in [6.07, 6.45) is 7.61. The molecule has 0 N–H and O–H groups in total. The van der Waals surface area contributed by atoms with Crippen LogP contribution in [-0.4, -0.2) is 38.6 Å². The van der Waals surface area contributed by atoms with Gasteiger partial charge < -0.3 is 14.2 Å². The molecular weight excluding hydrogens is 288 g/mol. The van der Waals surface area contributed by atoms with Gasteiger partial charge in [-0.1, -0.05) is 26.0 Å². The van der Waals surface area contributed by atoms with Crippen LogP contribution in [0.1, 0.15) is 66.2 Å². The maximum absolute atomic E-state index is 6.09. The Balaban J connectivity index is 2.02. The number of hydrogen-bond donors (Lipinski definition) is 0. The zero-order valence-electron chi connectivity index (χ0n) is 15.8. The summed E-state index contributed by atoms with van der Waals surface area (Å²) < 4.78 is 17.4. The monoisotopic (exact) mass is 326 g/mol. The van der Waals surface area contributed by atoms with Gasteiger partial charge in [0, 0.05) is 19.1 Å². The molecular formula is C20H38O3. The lowest BCUT2D eigenvalue weighted by atomic mass is 9.78. The molecule has 136 valence electrons. The van der Waals surface area contributed by atoms with Gasteiger partial charge in [-0.25, -0.2) is 0 Å². The van der Waals surface area contributed by atoms with Crippen molar-refractivity contribution in [3.63, 3.8) is 0 Å². The first-order valence-corrected chi connectivity index (χ1v) is 9.50. The smallest absolute Gasteiger partial charge is 0.0704 e. The summed E-state index contributed by atoms with van der Waals surface area (Å²) in [4.78, 5) is 0. The van der Waals surface area contributed by atoms with Crippen molar-refractivity contribution < 1.29 is 14.2 Å². The Labute approximate surface area is 143 Å². The largest absolute Gasteiger partial charge is 0.379 e. The van der Waals surface area contributed by atoms with E-state index in [1.54, 1.807) is 0 Å². The number of unbranched alkanes of at least 4 members (excludes halogenated alkanes) is 1. The zero-order chi connectivity index (χ0) is 17.1. The van der Waals surface area contributed by atoms with Gasteiger partial charge in [-0.2, -0.15) is 0 Å². The van der Waals surface area contributed by atoms with E-state index in [0.717, 1.165) is 44.8 Å². The average Bonchev–Trinajstić information content (AvgIpc) is 2.52. The molecule has 0 aromatic rings. The Morgan fingerprint density at radius 2 is 1.87 bits per heavy atom. The predicted octanol–water partition coefficient (Wildman–Crippen LogP) is 5.00. The molecule has 0 spiro atoms. The summed E-state index contributed by atoms with van der Waals surface area (Å²) in [5, 5.41) is 0. The number of rotatable bonds is 12. The van der Waals surface area contributed by atoms with E-state index in [-0.39, 0.29) is 0 Å². The van der Waals surface area contributed by atoms with Crippen LogP contribution in [0, 0.1) is 11.8 Å². The summed E-state index contributed by atoms with van der Waals surface area (Å²) in [7, 11) is 0. The third-order valence-corrected chi connectivity index (χ3v) is 4.91. The van der Waals surface area contributed by atoms with E-state index < -0.39 is 0 Å². The summed E-state index contributed by atoms with van der Waals surface area (Å²) in [5.74, 6) is 1.30. The molecule has 0 radical (unpaired) electrons. The van der Waals surface area contributed by atoms with E-state index in [1.807, 2.05) is 0 Å². The molecule has 4 atom stereocenters. The van der Waals surface area contributed by atoms with E-state index >= 15 is 0 Å². The van der Waals surface area contributed by atoms with E-state index in [9.17, 15) is 0 Å². The molecule has 0 amide bonds. The Hall–Kier alpha value is -0.380. The van der Waals surface area contributed by atoms with Gasteiger partial charge in [0.1, 0.15) is 0 Å². The quantitative estimate of drug-likeness (QED) is 0.373. The maximum Gasteiger partial charge on any atom is 0.0704 e. The Morgan fingerprint density at radius 1 is 1.13 bits per heavy atom. The van der Waals surface area contributed by atoms with Crippen LogP contribution < -0.4 is 0 Å². The van der Waals surface area contributed by atoms with Gasteiger partial charge in [-0.05, 0) is 58.3 Å². The lowest BCUT2D eigenvalue weighted by Gasteiger charge is -2.35. The first-order valence-electron chi connectivity index (χ1n) is 9.50. The molecule has 0 saturated heterocycles. The SMILES string of the molecule is C=C(C)C1CCC(C)CC1OCCOCCCCOC(C)CC. The summed E-state index contributed by atoms with van der Waals surface area (Å²) in [6, 6.07) is 0. The van der Waals surface area contributed by atoms with Gasteiger partial charge in [0.25, 0.3) is 0 Å². The predicted molar refractivity (Wildman–Crippen MR) is 96.8 cm³/mol. The second-order valence-electron chi connectivity index (χ2n) is 7.19. The van der Waals surface area contributed by atoms with Crippen LogP contribution in [0.25, 0.3) is 0 Å². The Morgan fingerprint density at radius 3 is 2.57 bits per heavy atom. The molecule has 1 aliphatic carbocycles. The molecule has 0 bridgehead atoms. The third-order valence-electron chi connectivity index (χ3n) is 4.91. The van der Waals surface area contributed by atoms with Crippen molar-refractivity contribution in [2.45, 2.75) is 78.4 Å². The highest BCUT2D eigenvalue weighted by atomic mass is 16.5. The van der Waals surface area contributed by atoms with Crippen molar-refractivity contribution in [1.29, 1.82) is 0 Å². The fraction of sp³-hybridized carbons (Fsp3) is 0.900. The minimum Gasteiger partial charge on any atom is -0.379 e. The van der Waals surface area contributed by atoms with Crippen molar-refractivity contribution in [3.05, 3.63) is 12.2 Å².